The molecule has 2 aromatic carbocycles. The topological polar surface area (TPSA) is 93.9 Å². The predicted octanol–water partition coefficient (Wildman–Crippen LogP) is 4.10. The number of rotatable bonds is 7. The van der Waals surface area contributed by atoms with E-state index < -0.39 is 10.8 Å². The number of ether oxygens (including phenoxy) is 2. The average molecular weight is 413 g/mol. The molecule has 0 bridgehead atoms. The van der Waals surface area contributed by atoms with Gasteiger partial charge in [-0.25, -0.2) is 0 Å². The number of nitrogens with one attached hydrogen (secondary N) is 1. The van der Waals surface area contributed by atoms with Gasteiger partial charge in [0.05, 0.1) is 25.2 Å². The Kier molecular flexibility index (Phi) is 6.89. The molecule has 8 nitrogen and oxygen atoms in total. The van der Waals surface area contributed by atoms with E-state index >= 15 is 0 Å². The monoisotopic (exact) mass is 413 g/mol. The number of carbonyl (C=O) groups is 1. The van der Waals surface area contributed by atoms with E-state index in [4.69, 9.17) is 9.47 Å². The van der Waals surface area contributed by atoms with E-state index in [9.17, 15) is 14.9 Å². The number of nitro benzene ring substituents is 1. The van der Waals surface area contributed by atoms with Crippen LogP contribution in [0.1, 0.15) is 35.7 Å². The summed E-state index contributed by atoms with van der Waals surface area (Å²) in [5.74, 6) is 0.575. The molecule has 0 aromatic heterocycles. The van der Waals surface area contributed by atoms with Gasteiger partial charge in [-0.2, -0.15) is 0 Å². The minimum atomic E-state index is -0.612. The second kappa shape index (κ2) is 9.58. The van der Waals surface area contributed by atoms with E-state index in [0.29, 0.717) is 5.69 Å². The summed E-state index contributed by atoms with van der Waals surface area (Å²) >= 11 is 0. The zero-order chi connectivity index (χ0) is 21.7. The van der Waals surface area contributed by atoms with E-state index in [1.807, 2.05) is 24.3 Å². The number of hydrogen-bond donors (Lipinski definition) is 1. The van der Waals surface area contributed by atoms with Gasteiger partial charge >= 0.3 is 0 Å². The Balaban J connectivity index is 1.73. The van der Waals surface area contributed by atoms with Gasteiger partial charge in [0.25, 0.3) is 11.6 Å². The standard InChI is InChI=1S/C22H27N3O5/c1-15-5-4-10-24(13-15)14-16-6-8-17(9-7-16)23-22(26)18-11-20(29-2)21(30-3)12-19(18)25(27)28/h6-9,11-12,15H,4-5,10,13-14H2,1-3H3,(H,23,26). The lowest BCUT2D eigenvalue weighted by Gasteiger charge is -2.30. The van der Waals surface area contributed by atoms with Gasteiger partial charge < -0.3 is 14.8 Å². The number of likely N-dealkylation sites (tertiary alicyclic amines) is 1. The molecule has 2 aromatic rings. The van der Waals surface area contributed by atoms with Crippen molar-refractivity contribution in [1.82, 2.24) is 4.90 Å². The Bertz CT molecular complexity index is 914. The van der Waals surface area contributed by atoms with Gasteiger partial charge in [-0.1, -0.05) is 19.1 Å². The van der Waals surface area contributed by atoms with Gasteiger partial charge in [0.2, 0.25) is 0 Å². The molecule has 1 heterocycles. The van der Waals surface area contributed by atoms with Crippen LogP contribution in [-0.2, 0) is 6.54 Å². The fourth-order valence-electron chi connectivity index (χ4n) is 3.78. The summed E-state index contributed by atoms with van der Waals surface area (Å²) in [5, 5.41) is 14.2. The Morgan fingerprint density at radius 3 is 2.47 bits per heavy atom. The average Bonchev–Trinajstić information content (AvgIpc) is 2.74. The minimum Gasteiger partial charge on any atom is -0.493 e. The van der Waals surface area contributed by atoms with Crippen LogP contribution < -0.4 is 14.8 Å². The third-order valence-corrected chi connectivity index (χ3v) is 5.30. The minimum absolute atomic E-state index is 0.0935. The van der Waals surface area contributed by atoms with Crippen molar-refractivity contribution in [3.05, 3.63) is 57.6 Å². The molecule has 1 aliphatic heterocycles. The van der Waals surface area contributed by atoms with Crippen molar-refractivity contribution < 1.29 is 19.2 Å². The molecule has 1 atom stereocenters. The number of anilines is 1. The van der Waals surface area contributed by atoms with Gasteiger partial charge in [0.15, 0.2) is 11.5 Å². The van der Waals surface area contributed by atoms with Crippen LogP contribution in [0, 0.1) is 16.0 Å². The van der Waals surface area contributed by atoms with Crippen LogP contribution in [-0.4, -0.2) is 43.0 Å². The Morgan fingerprint density at radius 2 is 1.87 bits per heavy atom. The summed E-state index contributed by atoms with van der Waals surface area (Å²) in [4.78, 5) is 26.0. The van der Waals surface area contributed by atoms with Crippen molar-refractivity contribution in [1.29, 1.82) is 0 Å². The molecule has 0 aliphatic carbocycles. The summed E-state index contributed by atoms with van der Waals surface area (Å²) in [6.07, 6.45) is 2.50. The normalized spacial score (nSPS) is 16.7. The zero-order valence-electron chi connectivity index (χ0n) is 17.5. The molecule has 30 heavy (non-hydrogen) atoms. The van der Waals surface area contributed by atoms with Crippen LogP contribution in [0.4, 0.5) is 11.4 Å². The van der Waals surface area contributed by atoms with Crippen LogP contribution in [0.25, 0.3) is 0 Å². The van der Waals surface area contributed by atoms with Crippen molar-refractivity contribution in [3.8, 4) is 11.5 Å². The maximum Gasteiger partial charge on any atom is 0.286 e. The number of benzene rings is 2. The van der Waals surface area contributed by atoms with E-state index in [2.05, 4.69) is 17.1 Å². The maximum atomic E-state index is 12.7. The van der Waals surface area contributed by atoms with Gasteiger partial charge in [0, 0.05) is 24.8 Å². The first-order valence-corrected chi connectivity index (χ1v) is 9.94. The third kappa shape index (κ3) is 5.07. The molecule has 8 heteroatoms. The van der Waals surface area contributed by atoms with Crippen LogP contribution >= 0.6 is 0 Å². The number of methoxy groups -OCH3 is 2. The molecule has 1 N–H and O–H groups in total. The number of amides is 1. The van der Waals surface area contributed by atoms with E-state index in [1.54, 1.807) is 0 Å². The summed E-state index contributed by atoms with van der Waals surface area (Å²) in [7, 11) is 2.79. The van der Waals surface area contributed by atoms with E-state index in [-0.39, 0.29) is 22.7 Å². The first-order chi connectivity index (χ1) is 14.4. The molecule has 160 valence electrons. The molecule has 1 amide bonds. The first-order valence-electron chi connectivity index (χ1n) is 9.94. The fourth-order valence-corrected chi connectivity index (χ4v) is 3.78. The van der Waals surface area contributed by atoms with Crippen molar-refractivity contribution in [3.63, 3.8) is 0 Å². The van der Waals surface area contributed by atoms with Crippen LogP contribution in [0.15, 0.2) is 36.4 Å². The van der Waals surface area contributed by atoms with Gasteiger partial charge in [0.1, 0.15) is 5.56 Å². The molecular formula is C22H27N3O5. The van der Waals surface area contributed by atoms with Crippen LogP contribution in [0.3, 0.4) is 0 Å². The number of carbonyl (C=O) groups excluding carboxylic acids is 1. The lowest BCUT2D eigenvalue weighted by molar-refractivity contribution is -0.385. The smallest absolute Gasteiger partial charge is 0.286 e. The Hall–Kier alpha value is -3.13. The summed E-state index contributed by atoms with van der Waals surface area (Å²) in [5.41, 5.74) is 1.30. The van der Waals surface area contributed by atoms with Gasteiger partial charge in [-0.3, -0.25) is 19.8 Å². The summed E-state index contributed by atoms with van der Waals surface area (Å²) in [6.45, 7) is 5.35. The second-order valence-corrected chi connectivity index (χ2v) is 7.62. The number of nitro groups is 1. The summed E-state index contributed by atoms with van der Waals surface area (Å²) in [6, 6.07) is 10.1. The van der Waals surface area contributed by atoms with Crippen molar-refractivity contribution >= 4 is 17.3 Å². The third-order valence-electron chi connectivity index (χ3n) is 5.30. The molecular weight excluding hydrogens is 386 g/mol. The highest BCUT2D eigenvalue weighted by Gasteiger charge is 2.24. The molecule has 3 rings (SSSR count). The fraction of sp³-hybridized carbons (Fsp3) is 0.409. The highest BCUT2D eigenvalue weighted by Crippen LogP contribution is 2.34. The molecule has 0 saturated carbocycles. The molecule has 0 spiro atoms. The number of nitrogens with zero attached hydrogens (tertiary/aromatic N) is 2. The lowest BCUT2D eigenvalue weighted by Crippen LogP contribution is -2.33. The zero-order valence-corrected chi connectivity index (χ0v) is 17.5. The number of hydrogen-bond acceptors (Lipinski definition) is 6. The Labute approximate surface area is 175 Å². The SMILES string of the molecule is COc1cc(C(=O)Nc2ccc(CN3CCCC(C)C3)cc2)c([N+](=O)[O-])cc1OC. The Morgan fingerprint density at radius 1 is 1.20 bits per heavy atom. The molecule has 1 unspecified atom stereocenters. The lowest BCUT2D eigenvalue weighted by atomic mass is 10.00. The highest BCUT2D eigenvalue weighted by atomic mass is 16.6. The van der Waals surface area contributed by atoms with Gasteiger partial charge in [-0.05, 0) is 43.0 Å². The van der Waals surface area contributed by atoms with Crippen molar-refractivity contribution in [2.24, 2.45) is 5.92 Å². The molecule has 1 aliphatic rings. The number of piperidine rings is 1. The largest absolute Gasteiger partial charge is 0.493 e. The molecule has 0 radical (unpaired) electrons. The molecule has 1 saturated heterocycles. The highest BCUT2D eigenvalue weighted by molar-refractivity contribution is 6.07. The van der Waals surface area contributed by atoms with Gasteiger partial charge in [-0.15, -0.1) is 0 Å². The first kappa shape index (κ1) is 21.6. The van der Waals surface area contributed by atoms with Crippen molar-refractivity contribution in [2.45, 2.75) is 26.3 Å². The quantitative estimate of drug-likeness (QED) is 0.543. The predicted molar refractivity (Wildman–Crippen MR) is 114 cm³/mol. The van der Waals surface area contributed by atoms with Crippen LogP contribution in [0.5, 0.6) is 11.5 Å². The van der Waals surface area contributed by atoms with E-state index in [0.717, 1.165) is 25.6 Å². The van der Waals surface area contributed by atoms with E-state index in [1.165, 1.54) is 44.8 Å². The molecule has 1 fully saturated rings. The van der Waals surface area contributed by atoms with Crippen molar-refractivity contribution in [2.75, 3.05) is 32.6 Å². The summed E-state index contributed by atoms with van der Waals surface area (Å²) < 4.78 is 10.3. The second-order valence-electron chi connectivity index (χ2n) is 7.62. The maximum absolute atomic E-state index is 12.7. The van der Waals surface area contributed by atoms with Crippen LogP contribution in [0.2, 0.25) is 0 Å².